The molecule has 4 rings (SSSR count). The zero-order valence-electron chi connectivity index (χ0n) is 20.3. The average Bonchev–Trinajstić information content (AvgIpc) is 3.20. The molecule has 1 heterocycles. The van der Waals surface area contributed by atoms with Gasteiger partial charge in [0.05, 0.1) is 4.92 Å². The fraction of sp³-hybridized carbons (Fsp3) is 0.276. The van der Waals surface area contributed by atoms with Gasteiger partial charge in [-0.3, -0.25) is 14.9 Å². The molecule has 35 heavy (non-hydrogen) atoms. The van der Waals surface area contributed by atoms with Crippen LogP contribution >= 0.6 is 0 Å². The molecule has 180 valence electrons. The van der Waals surface area contributed by atoms with Gasteiger partial charge in [0.1, 0.15) is 0 Å². The van der Waals surface area contributed by atoms with Gasteiger partial charge in [0, 0.05) is 54.2 Å². The third-order valence-corrected chi connectivity index (χ3v) is 6.66. The van der Waals surface area contributed by atoms with E-state index in [1.807, 2.05) is 61.5 Å². The van der Waals surface area contributed by atoms with Crippen LogP contribution in [-0.2, 0) is 11.3 Å². The zero-order valence-corrected chi connectivity index (χ0v) is 20.3. The lowest BCUT2D eigenvalue weighted by Gasteiger charge is -2.21. The summed E-state index contributed by atoms with van der Waals surface area (Å²) < 4.78 is 2.12. The SMILES string of the molecule is CC(C)[C@H](C)NC(=O)C[C@H](c1ccccc1)c1cn(Cc2ccccc2)c2ccc([N+](=O)[O-])cc12. The number of fused-ring (bicyclic) bond motifs is 1. The van der Waals surface area contributed by atoms with E-state index in [9.17, 15) is 14.9 Å². The van der Waals surface area contributed by atoms with Gasteiger partial charge in [-0.2, -0.15) is 0 Å². The van der Waals surface area contributed by atoms with Crippen LogP contribution < -0.4 is 5.32 Å². The highest BCUT2D eigenvalue weighted by Crippen LogP contribution is 2.36. The zero-order chi connectivity index (χ0) is 24.9. The van der Waals surface area contributed by atoms with Crippen molar-refractivity contribution in [2.75, 3.05) is 0 Å². The highest BCUT2D eigenvalue weighted by atomic mass is 16.6. The van der Waals surface area contributed by atoms with Crippen molar-refractivity contribution in [2.24, 2.45) is 5.92 Å². The number of nitro benzene ring substituents is 1. The van der Waals surface area contributed by atoms with Crippen molar-refractivity contribution in [1.82, 2.24) is 9.88 Å². The van der Waals surface area contributed by atoms with E-state index in [-0.39, 0.29) is 34.9 Å². The molecule has 1 aromatic heterocycles. The van der Waals surface area contributed by atoms with E-state index >= 15 is 0 Å². The number of aromatic nitrogens is 1. The number of non-ortho nitro benzene ring substituents is 1. The molecule has 1 amide bonds. The first kappa shape index (κ1) is 24.2. The number of rotatable bonds is 9. The Morgan fingerprint density at radius 3 is 2.26 bits per heavy atom. The Kier molecular flexibility index (Phi) is 7.30. The summed E-state index contributed by atoms with van der Waals surface area (Å²) in [6, 6.07) is 25.0. The number of hydrogen-bond donors (Lipinski definition) is 1. The minimum atomic E-state index is -0.369. The second kappa shape index (κ2) is 10.6. The normalized spacial score (nSPS) is 13.0. The second-order valence-corrected chi connectivity index (χ2v) is 9.42. The molecule has 1 N–H and O–H groups in total. The first-order chi connectivity index (χ1) is 16.8. The lowest BCUT2D eigenvalue weighted by molar-refractivity contribution is -0.384. The monoisotopic (exact) mass is 469 g/mol. The lowest BCUT2D eigenvalue weighted by Crippen LogP contribution is -2.36. The molecule has 0 bridgehead atoms. The van der Waals surface area contributed by atoms with E-state index in [2.05, 4.69) is 42.1 Å². The number of carbonyl (C=O) groups is 1. The predicted molar refractivity (Wildman–Crippen MR) is 139 cm³/mol. The van der Waals surface area contributed by atoms with Gasteiger partial charge in [0.2, 0.25) is 5.91 Å². The maximum atomic E-state index is 13.1. The van der Waals surface area contributed by atoms with Crippen LogP contribution in [0.2, 0.25) is 0 Å². The van der Waals surface area contributed by atoms with Crippen LogP contribution in [0, 0.1) is 16.0 Å². The van der Waals surface area contributed by atoms with Gasteiger partial charge >= 0.3 is 0 Å². The third kappa shape index (κ3) is 5.60. The van der Waals surface area contributed by atoms with E-state index in [1.165, 1.54) is 0 Å². The Balaban J connectivity index is 1.82. The van der Waals surface area contributed by atoms with E-state index in [0.717, 1.165) is 27.6 Å². The molecule has 4 aromatic rings. The summed E-state index contributed by atoms with van der Waals surface area (Å²) in [4.78, 5) is 24.3. The van der Waals surface area contributed by atoms with Crippen LogP contribution in [0.15, 0.2) is 85.1 Å². The fourth-order valence-electron chi connectivity index (χ4n) is 4.37. The van der Waals surface area contributed by atoms with Gasteiger partial charge in [0.15, 0.2) is 0 Å². The van der Waals surface area contributed by atoms with Gasteiger partial charge in [0.25, 0.3) is 5.69 Å². The summed E-state index contributed by atoms with van der Waals surface area (Å²) in [6.07, 6.45) is 2.31. The van der Waals surface area contributed by atoms with Crippen molar-refractivity contribution in [2.45, 2.75) is 45.7 Å². The Labute approximate surface area is 205 Å². The van der Waals surface area contributed by atoms with E-state index in [1.54, 1.807) is 12.1 Å². The minimum Gasteiger partial charge on any atom is -0.353 e. The molecule has 0 spiro atoms. The van der Waals surface area contributed by atoms with Gasteiger partial charge in [-0.15, -0.1) is 0 Å². The number of nitrogens with one attached hydrogen (secondary N) is 1. The number of nitro groups is 1. The lowest BCUT2D eigenvalue weighted by atomic mass is 9.87. The number of benzene rings is 3. The van der Waals surface area contributed by atoms with Crippen molar-refractivity contribution < 1.29 is 9.72 Å². The maximum Gasteiger partial charge on any atom is 0.270 e. The predicted octanol–water partition coefficient (Wildman–Crippen LogP) is 6.28. The Morgan fingerprint density at radius 2 is 1.63 bits per heavy atom. The van der Waals surface area contributed by atoms with Crippen LogP contribution in [0.1, 0.15) is 49.8 Å². The molecule has 0 fully saturated rings. The highest BCUT2D eigenvalue weighted by molar-refractivity contribution is 5.88. The molecule has 6 nitrogen and oxygen atoms in total. The highest BCUT2D eigenvalue weighted by Gasteiger charge is 2.25. The summed E-state index contributed by atoms with van der Waals surface area (Å²) in [5.41, 5.74) is 4.00. The van der Waals surface area contributed by atoms with Gasteiger partial charge < -0.3 is 9.88 Å². The number of carbonyl (C=O) groups excluding carboxylic acids is 1. The number of nitrogens with zero attached hydrogens (tertiary/aromatic N) is 2. The Bertz CT molecular complexity index is 1310. The van der Waals surface area contributed by atoms with Crippen LogP contribution in [0.5, 0.6) is 0 Å². The minimum absolute atomic E-state index is 0.0329. The Hall–Kier alpha value is -3.93. The van der Waals surface area contributed by atoms with E-state index in [4.69, 9.17) is 0 Å². The molecule has 0 aliphatic carbocycles. The van der Waals surface area contributed by atoms with Gasteiger partial charge in [-0.25, -0.2) is 0 Å². The van der Waals surface area contributed by atoms with Gasteiger partial charge in [-0.1, -0.05) is 74.5 Å². The van der Waals surface area contributed by atoms with Gasteiger partial charge in [-0.05, 0) is 35.6 Å². The van der Waals surface area contributed by atoms with Crippen LogP contribution in [0.4, 0.5) is 5.69 Å². The summed E-state index contributed by atoms with van der Waals surface area (Å²) >= 11 is 0. The summed E-state index contributed by atoms with van der Waals surface area (Å²) in [5.74, 6) is 0.0519. The largest absolute Gasteiger partial charge is 0.353 e. The molecular weight excluding hydrogens is 438 g/mol. The first-order valence-electron chi connectivity index (χ1n) is 12.0. The van der Waals surface area contributed by atoms with Crippen molar-refractivity contribution in [3.05, 3.63) is 112 Å². The molecule has 0 saturated carbocycles. The molecular formula is C29H31N3O3. The van der Waals surface area contributed by atoms with Crippen LogP contribution in [0.3, 0.4) is 0 Å². The van der Waals surface area contributed by atoms with E-state index < -0.39 is 0 Å². The topological polar surface area (TPSA) is 77.2 Å². The summed E-state index contributed by atoms with van der Waals surface area (Å²) in [5, 5.41) is 15.5. The molecule has 6 heteroatoms. The standard InChI is InChI=1S/C29H31N3O3/c1-20(2)21(3)30-29(33)17-25(23-12-8-5-9-13-23)27-19-31(18-22-10-6-4-7-11-22)28-15-14-24(32(34)35)16-26(27)28/h4-16,19-21,25H,17-18H2,1-3H3,(H,30,33)/t21-,25+/m0/s1. The molecule has 3 aromatic carbocycles. The average molecular weight is 470 g/mol. The smallest absolute Gasteiger partial charge is 0.270 e. The maximum absolute atomic E-state index is 13.1. The third-order valence-electron chi connectivity index (χ3n) is 6.66. The van der Waals surface area contributed by atoms with Crippen molar-refractivity contribution in [3.63, 3.8) is 0 Å². The molecule has 0 radical (unpaired) electrons. The van der Waals surface area contributed by atoms with Crippen LogP contribution in [0.25, 0.3) is 10.9 Å². The fourth-order valence-corrected chi connectivity index (χ4v) is 4.37. The number of hydrogen-bond acceptors (Lipinski definition) is 3. The van der Waals surface area contributed by atoms with Crippen molar-refractivity contribution in [1.29, 1.82) is 0 Å². The number of amides is 1. The van der Waals surface area contributed by atoms with Crippen molar-refractivity contribution >= 4 is 22.5 Å². The molecule has 0 saturated heterocycles. The second-order valence-electron chi connectivity index (χ2n) is 9.42. The molecule has 0 unspecified atom stereocenters. The molecule has 2 atom stereocenters. The van der Waals surface area contributed by atoms with Crippen LogP contribution in [-0.4, -0.2) is 21.4 Å². The van der Waals surface area contributed by atoms with E-state index in [0.29, 0.717) is 12.5 Å². The summed E-state index contributed by atoms with van der Waals surface area (Å²) in [6.45, 7) is 6.80. The molecule has 0 aliphatic heterocycles. The Morgan fingerprint density at radius 1 is 0.971 bits per heavy atom. The van der Waals surface area contributed by atoms with Crippen molar-refractivity contribution in [3.8, 4) is 0 Å². The summed E-state index contributed by atoms with van der Waals surface area (Å²) in [7, 11) is 0. The quantitative estimate of drug-likeness (QED) is 0.231. The first-order valence-corrected chi connectivity index (χ1v) is 12.0. The molecule has 0 aliphatic rings.